The van der Waals surface area contributed by atoms with E-state index < -0.39 is 0 Å². The van der Waals surface area contributed by atoms with E-state index in [1.54, 1.807) is 0 Å². The van der Waals surface area contributed by atoms with Crippen LogP contribution in [0.5, 0.6) is 0 Å². The van der Waals surface area contributed by atoms with Gasteiger partial charge < -0.3 is 5.32 Å². The van der Waals surface area contributed by atoms with Crippen LogP contribution in [-0.2, 0) is 11.2 Å². The molecule has 1 N–H and O–H groups in total. The number of carbonyl (C=O) groups excluding carboxylic acids is 2. The zero-order valence-electron chi connectivity index (χ0n) is 18.6. The maximum absolute atomic E-state index is 12.8. The normalized spacial score (nSPS) is 13.9. The molecule has 8 heteroatoms. The molecule has 1 aromatic heterocycles. The number of nitrogens with zero attached hydrogens (tertiary/aromatic N) is 3. The summed E-state index contributed by atoms with van der Waals surface area (Å²) in [6, 6.07) is 15.6. The lowest BCUT2D eigenvalue weighted by molar-refractivity contribution is -0.118. The van der Waals surface area contributed by atoms with Gasteiger partial charge in [0.05, 0.1) is 10.8 Å². The number of benzene rings is 2. The van der Waals surface area contributed by atoms with Crippen molar-refractivity contribution < 1.29 is 9.59 Å². The Labute approximate surface area is 203 Å². The van der Waals surface area contributed by atoms with Crippen LogP contribution in [0.3, 0.4) is 0 Å². The van der Waals surface area contributed by atoms with Crippen LogP contribution < -0.4 is 5.32 Å². The van der Waals surface area contributed by atoms with Crippen LogP contribution in [0.25, 0.3) is 11.4 Å². The van der Waals surface area contributed by atoms with Crippen molar-refractivity contribution >= 4 is 35.1 Å². The van der Waals surface area contributed by atoms with Gasteiger partial charge in [-0.3, -0.25) is 14.2 Å². The van der Waals surface area contributed by atoms with Gasteiger partial charge in [0.15, 0.2) is 16.8 Å². The maximum atomic E-state index is 12.8. The molecule has 1 amide bonds. The van der Waals surface area contributed by atoms with Crippen LogP contribution in [0.15, 0.2) is 53.7 Å². The van der Waals surface area contributed by atoms with Crippen molar-refractivity contribution in [2.75, 3.05) is 12.3 Å². The van der Waals surface area contributed by atoms with Gasteiger partial charge in [-0.05, 0) is 37.0 Å². The molecule has 0 spiro atoms. The van der Waals surface area contributed by atoms with Gasteiger partial charge in [-0.25, -0.2) is 0 Å². The Morgan fingerprint density at radius 2 is 1.82 bits per heavy atom. The molecule has 4 rings (SSSR count). The van der Waals surface area contributed by atoms with Crippen molar-refractivity contribution in [2.45, 2.75) is 50.2 Å². The fourth-order valence-electron chi connectivity index (χ4n) is 4.15. The summed E-state index contributed by atoms with van der Waals surface area (Å²) in [5.41, 5.74) is 2.62. The average molecular weight is 483 g/mol. The topological polar surface area (TPSA) is 76.9 Å². The molecule has 0 bridgehead atoms. The second-order valence-electron chi connectivity index (χ2n) is 8.24. The first kappa shape index (κ1) is 23.5. The minimum atomic E-state index is -0.0398. The number of aromatic nitrogens is 3. The Hall–Kier alpha value is -2.64. The zero-order chi connectivity index (χ0) is 23.2. The summed E-state index contributed by atoms with van der Waals surface area (Å²) in [7, 11) is 0. The van der Waals surface area contributed by atoms with Crippen molar-refractivity contribution in [3.63, 3.8) is 0 Å². The molecular formula is C25H27ClN4O2S. The molecule has 1 heterocycles. The lowest BCUT2D eigenvalue weighted by Gasteiger charge is -2.17. The van der Waals surface area contributed by atoms with Crippen LogP contribution in [0.1, 0.15) is 54.6 Å². The number of hydrogen-bond acceptors (Lipinski definition) is 5. The number of hydrogen-bond donors (Lipinski definition) is 1. The number of rotatable bonds is 9. The number of Topliss-reactive ketones (excluding diaryl/α,β-unsaturated/α-hetero) is 1. The number of amides is 1. The van der Waals surface area contributed by atoms with Crippen LogP contribution in [0.4, 0.5) is 0 Å². The fourth-order valence-corrected chi connectivity index (χ4v) is 5.27. The minimum Gasteiger partial charge on any atom is -0.356 e. The van der Waals surface area contributed by atoms with Crippen LogP contribution in [-0.4, -0.2) is 38.8 Å². The largest absolute Gasteiger partial charge is 0.356 e. The minimum absolute atomic E-state index is 0.0398. The van der Waals surface area contributed by atoms with Gasteiger partial charge in [0.1, 0.15) is 0 Å². The Kier molecular flexibility index (Phi) is 7.83. The Morgan fingerprint density at radius 1 is 1.09 bits per heavy atom. The van der Waals surface area contributed by atoms with E-state index >= 15 is 0 Å². The third kappa shape index (κ3) is 5.84. The number of thioether (sulfide) groups is 1. The first-order chi connectivity index (χ1) is 16.0. The van der Waals surface area contributed by atoms with E-state index in [2.05, 4.69) is 20.1 Å². The summed E-state index contributed by atoms with van der Waals surface area (Å²) in [6.45, 7) is 2.09. The summed E-state index contributed by atoms with van der Waals surface area (Å²) < 4.78 is 2.18. The third-order valence-corrected chi connectivity index (χ3v) is 7.14. The molecule has 33 heavy (non-hydrogen) atoms. The van der Waals surface area contributed by atoms with E-state index in [4.69, 9.17) is 11.6 Å². The standard InChI is InChI=1S/C25H27ClN4O2S/c1-17(31)27-15-14-18-10-12-19(13-11-18)23(32)16-33-25-29-28-24(21-8-4-5-9-22(21)26)30(25)20-6-2-3-7-20/h4-5,8-13,20H,2-3,6-7,14-16H2,1H3,(H,27,31). The second-order valence-corrected chi connectivity index (χ2v) is 9.59. The third-order valence-electron chi connectivity index (χ3n) is 5.87. The zero-order valence-corrected chi connectivity index (χ0v) is 20.2. The van der Waals surface area contributed by atoms with Crippen LogP contribution >= 0.6 is 23.4 Å². The molecule has 1 fully saturated rings. The van der Waals surface area contributed by atoms with Crippen molar-refractivity contribution in [2.24, 2.45) is 0 Å². The molecule has 0 radical (unpaired) electrons. The molecule has 3 aromatic rings. The highest BCUT2D eigenvalue weighted by Gasteiger charge is 2.26. The first-order valence-corrected chi connectivity index (χ1v) is 12.6. The molecule has 172 valence electrons. The van der Waals surface area contributed by atoms with E-state index in [1.165, 1.54) is 31.5 Å². The molecule has 0 aliphatic heterocycles. The summed E-state index contributed by atoms with van der Waals surface area (Å²) in [5, 5.41) is 13.1. The number of ketones is 1. The summed E-state index contributed by atoms with van der Waals surface area (Å²) in [6.07, 6.45) is 5.26. The van der Waals surface area contributed by atoms with Crippen LogP contribution in [0.2, 0.25) is 5.02 Å². The van der Waals surface area contributed by atoms with Gasteiger partial charge in [0.25, 0.3) is 0 Å². The first-order valence-electron chi connectivity index (χ1n) is 11.2. The number of nitrogens with one attached hydrogen (secondary N) is 1. The van der Waals surface area contributed by atoms with Gasteiger partial charge >= 0.3 is 0 Å². The van der Waals surface area contributed by atoms with Crippen LogP contribution in [0, 0.1) is 0 Å². The van der Waals surface area contributed by atoms with E-state index in [-0.39, 0.29) is 11.7 Å². The van der Waals surface area contributed by atoms with Crippen molar-refractivity contribution in [1.82, 2.24) is 20.1 Å². The van der Waals surface area contributed by atoms with Crippen molar-refractivity contribution in [3.8, 4) is 11.4 Å². The van der Waals surface area contributed by atoms with Gasteiger partial charge in [0, 0.05) is 30.6 Å². The summed E-state index contributed by atoms with van der Waals surface area (Å²) in [5.74, 6) is 1.07. The predicted molar refractivity (Wildman–Crippen MR) is 132 cm³/mol. The van der Waals surface area contributed by atoms with E-state index in [9.17, 15) is 9.59 Å². The smallest absolute Gasteiger partial charge is 0.216 e. The van der Waals surface area contributed by atoms with Gasteiger partial charge in [-0.1, -0.05) is 72.6 Å². The Bertz CT molecular complexity index is 1120. The molecule has 0 unspecified atom stereocenters. The fraction of sp³-hybridized carbons (Fsp3) is 0.360. The molecule has 1 aliphatic rings. The second kappa shape index (κ2) is 11.0. The molecule has 0 atom stereocenters. The van der Waals surface area contributed by atoms with E-state index in [0.717, 1.165) is 41.4 Å². The number of carbonyl (C=O) groups is 2. The number of halogens is 1. The van der Waals surface area contributed by atoms with E-state index in [1.807, 2.05) is 48.5 Å². The average Bonchev–Trinajstić information content (AvgIpc) is 3.48. The highest BCUT2D eigenvalue weighted by atomic mass is 35.5. The van der Waals surface area contributed by atoms with Crippen molar-refractivity contribution in [3.05, 3.63) is 64.7 Å². The monoisotopic (exact) mass is 482 g/mol. The van der Waals surface area contributed by atoms with Crippen molar-refractivity contribution in [1.29, 1.82) is 0 Å². The van der Waals surface area contributed by atoms with Gasteiger partial charge in [-0.2, -0.15) is 0 Å². The highest BCUT2D eigenvalue weighted by Crippen LogP contribution is 2.38. The quantitative estimate of drug-likeness (QED) is 0.328. The summed E-state index contributed by atoms with van der Waals surface area (Å²) in [4.78, 5) is 23.8. The molecule has 0 saturated heterocycles. The molecule has 6 nitrogen and oxygen atoms in total. The SMILES string of the molecule is CC(=O)NCCc1ccc(C(=O)CSc2nnc(-c3ccccc3Cl)n2C2CCCC2)cc1. The lowest BCUT2D eigenvalue weighted by atomic mass is 10.1. The predicted octanol–water partition coefficient (Wildman–Crippen LogP) is 5.37. The Balaban J connectivity index is 1.46. The Morgan fingerprint density at radius 3 is 2.52 bits per heavy atom. The molecule has 2 aromatic carbocycles. The van der Waals surface area contributed by atoms with Gasteiger partial charge in [0.2, 0.25) is 5.91 Å². The van der Waals surface area contributed by atoms with Gasteiger partial charge in [-0.15, -0.1) is 10.2 Å². The molecule has 1 aliphatic carbocycles. The summed E-state index contributed by atoms with van der Waals surface area (Å²) >= 11 is 7.88. The molecular weight excluding hydrogens is 456 g/mol. The highest BCUT2D eigenvalue weighted by molar-refractivity contribution is 7.99. The van der Waals surface area contributed by atoms with E-state index in [0.29, 0.717) is 28.9 Å². The maximum Gasteiger partial charge on any atom is 0.216 e. The molecule has 1 saturated carbocycles. The lowest BCUT2D eigenvalue weighted by Crippen LogP contribution is -2.22.